The fraction of sp³-hybridized carbons (Fsp3) is 0.400. The van der Waals surface area contributed by atoms with Gasteiger partial charge in [0.15, 0.2) is 0 Å². The first-order chi connectivity index (χ1) is 10.6. The summed E-state index contributed by atoms with van der Waals surface area (Å²) in [6.07, 6.45) is 2.18. The van der Waals surface area contributed by atoms with Crippen molar-refractivity contribution >= 4 is 5.91 Å². The van der Waals surface area contributed by atoms with Gasteiger partial charge in [-0.05, 0) is 25.1 Å². The maximum absolute atomic E-state index is 12.2. The molecule has 2 aromatic rings. The Hall–Kier alpha value is -2.41. The number of hydrogen-bond donors (Lipinski definition) is 1. The normalized spacial score (nSPS) is 12.1. The van der Waals surface area contributed by atoms with Gasteiger partial charge in [0.2, 0.25) is 0 Å². The summed E-state index contributed by atoms with van der Waals surface area (Å²) in [4.78, 5) is 23.8. The number of methoxy groups -OCH3 is 1. The summed E-state index contributed by atoms with van der Waals surface area (Å²) in [5.74, 6) is 0.469. The minimum atomic E-state index is -0.328. The molecule has 0 aliphatic heterocycles. The van der Waals surface area contributed by atoms with Crippen molar-refractivity contribution in [1.82, 2.24) is 15.1 Å². The molecular weight excluding hydrogens is 286 g/mol. The molecule has 0 aromatic carbocycles. The van der Waals surface area contributed by atoms with Crippen LogP contribution in [0, 0.1) is 0 Å². The van der Waals surface area contributed by atoms with Gasteiger partial charge in [0.25, 0.3) is 11.5 Å². The number of rotatable bonds is 7. The van der Waals surface area contributed by atoms with Crippen LogP contribution in [0.5, 0.6) is 0 Å². The molecule has 0 spiro atoms. The molecule has 1 N–H and O–H groups in total. The standard InChI is InChI=1S/C15H19N3O4/c1-11(10-12-4-3-8-22-12)16-15(20)13-5-6-14(19)18(17-13)7-9-21-2/h3-6,8,11H,7,9-10H2,1-2H3,(H,16,20)/t11-/m1/s1. The second-order valence-electron chi connectivity index (χ2n) is 4.93. The van der Waals surface area contributed by atoms with Gasteiger partial charge in [-0.3, -0.25) is 9.59 Å². The van der Waals surface area contributed by atoms with Gasteiger partial charge in [0.1, 0.15) is 11.5 Å². The molecule has 0 unspecified atom stereocenters. The summed E-state index contributed by atoms with van der Waals surface area (Å²) in [5, 5.41) is 6.88. The highest BCUT2D eigenvalue weighted by molar-refractivity contribution is 5.92. The Bertz CT molecular complexity index is 664. The Labute approximate surface area is 127 Å². The molecule has 118 valence electrons. The Kier molecular flexibility index (Phi) is 5.48. The molecule has 1 amide bonds. The minimum absolute atomic E-state index is 0.111. The average Bonchev–Trinajstić information content (AvgIpc) is 2.99. The van der Waals surface area contributed by atoms with Crippen LogP contribution in [-0.2, 0) is 17.7 Å². The van der Waals surface area contributed by atoms with E-state index in [4.69, 9.17) is 9.15 Å². The number of ether oxygens (including phenoxy) is 1. The quantitative estimate of drug-likeness (QED) is 0.819. The van der Waals surface area contributed by atoms with E-state index in [2.05, 4.69) is 10.4 Å². The van der Waals surface area contributed by atoms with Crippen LogP contribution in [0.2, 0.25) is 0 Å². The molecule has 0 aliphatic rings. The lowest BCUT2D eigenvalue weighted by Gasteiger charge is -2.12. The second-order valence-corrected chi connectivity index (χ2v) is 4.93. The van der Waals surface area contributed by atoms with Crippen LogP contribution in [-0.4, -0.2) is 35.4 Å². The van der Waals surface area contributed by atoms with Gasteiger partial charge >= 0.3 is 0 Å². The third-order valence-electron chi connectivity index (χ3n) is 3.07. The highest BCUT2D eigenvalue weighted by atomic mass is 16.5. The molecule has 1 atom stereocenters. The van der Waals surface area contributed by atoms with Gasteiger partial charge in [-0.25, -0.2) is 4.68 Å². The maximum Gasteiger partial charge on any atom is 0.271 e. The summed E-state index contributed by atoms with van der Waals surface area (Å²) >= 11 is 0. The van der Waals surface area contributed by atoms with E-state index in [1.54, 1.807) is 12.3 Å². The zero-order valence-corrected chi connectivity index (χ0v) is 12.6. The lowest BCUT2D eigenvalue weighted by Crippen LogP contribution is -2.36. The van der Waals surface area contributed by atoms with E-state index < -0.39 is 0 Å². The van der Waals surface area contributed by atoms with E-state index in [9.17, 15) is 9.59 Å². The molecule has 7 heteroatoms. The Morgan fingerprint density at radius 1 is 1.45 bits per heavy atom. The van der Waals surface area contributed by atoms with E-state index in [0.717, 1.165) is 5.76 Å². The molecule has 0 radical (unpaired) electrons. The first-order valence-electron chi connectivity index (χ1n) is 7.00. The van der Waals surface area contributed by atoms with Gasteiger partial charge in [-0.1, -0.05) is 0 Å². The molecule has 2 aromatic heterocycles. The fourth-order valence-electron chi connectivity index (χ4n) is 1.99. The number of furan rings is 1. The molecule has 0 aliphatic carbocycles. The first-order valence-corrected chi connectivity index (χ1v) is 7.00. The van der Waals surface area contributed by atoms with Crippen molar-refractivity contribution in [2.75, 3.05) is 13.7 Å². The molecule has 0 saturated carbocycles. The Morgan fingerprint density at radius 3 is 2.95 bits per heavy atom. The van der Waals surface area contributed by atoms with Crippen LogP contribution in [0.3, 0.4) is 0 Å². The smallest absolute Gasteiger partial charge is 0.271 e. The Balaban J connectivity index is 2.01. The summed E-state index contributed by atoms with van der Waals surface area (Å²) in [5.41, 5.74) is -0.0702. The van der Waals surface area contributed by atoms with Crippen molar-refractivity contribution < 1.29 is 13.9 Å². The average molecular weight is 305 g/mol. The van der Waals surface area contributed by atoms with Crippen LogP contribution in [0.1, 0.15) is 23.2 Å². The van der Waals surface area contributed by atoms with E-state index >= 15 is 0 Å². The number of nitrogens with zero attached hydrogens (tertiary/aromatic N) is 2. The lowest BCUT2D eigenvalue weighted by molar-refractivity contribution is 0.0930. The van der Waals surface area contributed by atoms with Gasteiger partial charge in [0.05, 0.1) is 19.4 Å². The van der Waals surface area contributed by atoms with Gasteiger partial charge < -0.3 is 14.5 Å². The molecule has 0 bridgehead atoms. The fourth-order valence-corrected chi connectivity index (χ4v) is 1.99. The van der Waals surface area contributed by atoms with Crippen molar-refractivity contribution in [3.05, 3.63) is 52.3 Å². The summed E-state index contributed by atoms with van der Waals surface area (Å²) in [7, 11) is 1.54. The number of carbonyl (C=O) groups is 1. The summed E-state index contributed by atoms with van der Waals surface area (Å²) < 4.78 is 11.4. The zero-order chi connectivity index (χ0) is 15.9. The molecule has 22 heavy (non-hydrogen) atoms. The van der Waals surface area contributed by atoms with E-state index in [0.29, 0.717) is 19.6 Å². The molecule has 2 heterocycles. The molecular formula is C15H19N3O4. The maximum atomic E-state index is 12.2. The lowest BCUT2D eigenvalue weighted by atomic mass is 10.2. The van der Waals surface area contributed by atoms with Crippen molar-refractivity contribution in [3.63, 3.8) is 0 Å². The number of hydrogen-bond acceptors (Lipinski definition) is 5. The Morgan fingerprint density at radius 2 is 2.27 bits per heavy atom. The highest BCUT2D eigenvalue weighted by Crippen LogP contribution is 2.04. The van der Waals surface area contributed by atoms with Crippen LogP contribution >= 0.6 is 0 Å². The van der Waals surface area contributed by atoms with Gasteiger partial charge in [0, 0.05) is 25.6 Å². The van der Waals surface area contributed by atoms with Crippen molar-refractivity contribution in [2.45, 2.75) is 25.9 Å². The second kappa shape index (κ2) is 7.56. The third-order valence-corrected chi connectivity index (χ3v) is 3.07. The van der Waals surface area contributed by atoms with E-state index in [1.807, 2.05) is 13.0 Å². The van der Waals surface area contributed by atoms with Crippen LogP contribution in [0.25, 0.3) is 0 Å². The van der Waals surface area contributed by atoms with Crippen molar-refractivity contribution in [3.8, 4) is 0 Å². The predicted molar refractivity (Wildman–Crippen MR) is 79.7 cm³/mol. The summed E-state index contributed by atoms with van der Waals surface area (Å²) in [6, 6.07) is 6.29. The van der Waals surface area contributed by atoms with E-state index in [1.165, 1.54) is 23.9 Å². The summed E-state index contributed by atoms with van der Waals surface area (Å²) in [6.45, 7) is 2.53. The third kappa shape index (κ3) is 4.29. The zero-order valence-electron chi connectivity index (χ0n) is 12.6. The molecule has 0 saturated heterocycles. The predicted octanol–water partition coefficient (Wildman–Crippen LogP) is 0.844. The highest BCUT2D eigenvalue weighted by Gasteiger charge is 2.14. The van der Waals surface area contributed by atoms with Crippen LogP contribution in [0.4, 0.5) is 0 Å². The van der Waals surface area contributed by atoms with Crippen molar-refractivity contribution in [2.24, 2.45) is 0 Å². The molecule has 0 fully saturated rings. The number of aromatic nitrogens is 2. The molecule has 2 rings (SSSR count). The SMILES string of the molecule is COCCn1nc(C(=O)N[C@H](C)Cc2ccco2)ccc1=O. The largest absolute Gasteiger partial charge is 0.469 e. The van der Waals surface area contributed by atoms with E-state index in [-0.39, 0.29) is 23.2 Å². The van der Waals surface area contributed by atoms with Crippen LogP contribution in [0.15, 0.2) is 39.7 Å². The minimum Gasteiger partial charge on any atom is -0.469 e. The van der Waals surface area contributed by atoms with Crippen LogP contribution < -0.4 is 10.9 Å². The molecule has 7 nitrogen and oxygen atoms in total. The topological polar surface area (TPSA) is 86.4 Å². The monoisotopic (exact) mass is 305 g/mol. The number of carbonyl (C=O) groups excluding carboxylic acids is 1. The number of amides is 1. The first kappa shape index (κ1) is 16.0. The van der Waals surface area contributed by atoms with Gasteiger partial charge in [-0.15, -0.1) is 0 Å². The number of nitrogens with one attached hydrogen (secondary N) is 1. The van der Waals surface area contributed by atoms with Gasteiger partial charge in [-0.2, -0.15) is 5.10 Å². The van der Waals surface area contributed by atoms with Crippen molar-refractivity contribution in [1.29, 1.82) is 0 Å².